The second kappa shape index (κ2) is 4.65. The fourth-order valence-corrected chi connectivity index (χ4v) is 1.02. The van der Waals surface area contributed by atoms with E-state index in [-0.39, 0.29) is 0 Å². The fraction of sp³-hybridized carbons (Fsp3) is 0.364. The van der Waals surface area contributed by atoms with Gasteiger partial charge in [-0.05, 0) is 37.5 Å². The molecule has 0 aliphatic rings. The van der Waals surface area contributed by atoms with Crippen LogP contribution in [0.5, 0.6) is 0 Å². The molecule has 0 heterocycles. The van der Waals surface area contributed by atoms with Gasteiger partial charge in [0.25, 0.3) is 0 Å². The Hall–Kier alpha value is -1.31. The van der Waals surface area contributed by atoms with E-state index in [4.69, 9.17) is 4.84 Å². The highest BCUT2D eigenvalue weighted by atomic mass is 16.6. The van der Waals surface area contributed by atoms with Gasteiger partial charge in [-0.2, -0.15) is 0 Å². The zero-order valence-corrected chi connectivity index (χ0v) is 8.37. The van der Waals surface area contributed by atoms with Crippen LogP contribution < -0.4 is 0 Å². The number of hydrogen-bond donors (Lipinski definition) is 0. The summed E-state index contributed by atoms with van der Waals surface area (Å²) in [4.78, 5) is 4.88. The van der Waals surface area contributed by atoms with E-state index in [9.17, 15) is 0 Å². The van der Waals surface area contributed by atoms with E-state index < -0.39 is 0 Å². The van der Waals surface area contributed by atoms with Crippen molar-refractivity contribution in [2.75, 3.05) is 6.61 Å². The van der Waals surface area contributed by atoms with Gasteiger partial charge in [0, 0.05) is 0 Å². The lowest BCUT2D eigenvalue weighted by Gasteiger charge is -1.99. The molecule has 0 amide bonds. The minimum Gasteiger partial charge on any atom is -0.396 e. The van der Waals surface area contributed by atoms with Crippen molar-refractivity contribution in [1.29, 1.82) is 0 Å². The molecule has 1 rings (SSSR count). The predicted molar refractivity (Wildman–Crippen MR) is 55.1 cm³/mol. The highest BCUT2D eigenvalue weighted by molar-refractivity contribution is 5.79. The van der Waals surface area contributed by atoms with E-state index in [0.29, 0.717) is 6.61 Å². The Morgan fingerprint density at radius 2 is 2.08 bits per heavy atom. The summed E-state index contributed by atoms with van der Waals surface area (Å²) in [5, 5.41) is 3.81. The third-order valence-electron chi connectivity index (χ3n) is 1.94. The van der Waals surface area contributed by atoms with Gasteiger partial charge in [-0.3, -0.25) is 0 Å². The summed E-state index contributed by atoms with van der Waals surface area (Å²) in [7, 11) is 0. The Morgan fingerprint density at radius 1 is 1.31 bits per heavy atom. The standard InChI is InChI=1S/C11H15NO/c1-4-13-12-8-11-6-5-9(2)10(3)7-11/h5-8H,4H2,1-3H3. The van der Waals surface area contributed by atoms with Crippen LogP contribution in [0.2, 0.25) is 0 Å². The van der Waals surface area contributed by atoms with E-state index >= 15 is 0 Å². The highest BCUT2D eigenvalue weighted by Crippen LogP contribution is 2.07. The summed E-state index contributed by atoms with van der Waals surface area (Å²) in [5.74, 6) is 0. The Labute approximate surface area is 79.2 Å². The molecular formula is C11H15NO. The second-order valence-corrected chi connectivity index (χ2v) is 3.00. The average Bonchev–Trinajstić information content (AvgIpc) is 2.12. The van der Waals surface area contributed by atoms with Gasteiger partial charge in [-0.1, -0.05) is 23.4 Å². The molecule has 0 bridgehead atoms. The van der Waals surface area contributed by atoms with Crippen LogP contribution in [0.3, 0.4) is 0 Å². The molecule has 70 valence electrons. The Bertz CT molecular complexity index is 305. The monoisotopic (exact) mass is 177 g/mol. The maximum Gasteiger partial charge on any atom is 0.114 e. The summed E-state index contributed by atoms with van der Waals surface area (Å²) in [6.07, 6.45) is 1.73. The number of oxime groups is 1. The molecule has 0 unspecified atom stereocenters. The average molecular weight is 177 g/mol. The first kappa shape index (κ1) is 9.78. The van der Waals surface area contributed by atoms with Gasteiger partial charge in [0.2, 0.25) is 0 Å². The van der Waals surface area contributed by atoms with Crippen molar-refractivity contribution >= 4 is 6.21 Å². The molecule has 0 spiro atoms. The van der Waals surface area contributed by atoms with Crippen molar-refractivity contribution in [2.24, 2.45) is 5.16 Å². The molecule has 0 aliphatic carbocycles. The lowest BCUT2D eigenvalue weighted by Crippen LogP contribution is -1.87. The zero-order valence-electron chi connectivity index (χ0n) is 8.37. The Balaban J connectivity index is 2.73. The molecular weight excluding hydrogens is 162 g/mol. The van der Waals surface area contributed by atoms with Crippen molar-refractivity contribution < 1.29 is 4.84 Å². The molecule has 0 saturated carbocycles. The van der Waals surface area contributed by atoms with Crippen LogP contribution in [0.15, 0.2) is 23.4 Å². The van der Waals surface area contributed by atoms with E-state index in [1.54, 1.807) is 6.21 Å². The summed E-state index contributed by atoms with van der Waals surface area (Å²) >= 11 is 0. The molecule has 0 aromatic heterocycles. The maximum atomic E-state index is 4.88. The Morgan fingerprint density at radius 3 is 2.69 bits per heavy atom. The molecule has 0 saturated heterocycles. The van der Waals surface area contributed by atoms with Crippen molar-refractivity contribution in [3.63, 3.8) is 0 Å². The predicted octanol–water partition coefficient (Wildman–Crippen LogP) is 2.67. The SMILES string of the molecule is CCON=Cc1ccc(C)c(C)c1. The first-order valence-electron chi connectivity index (χ1n) is 4.46. The van der Waals surface area contributed by atoms with Crippen LogP contribution in [0.25, 0.3) is 0 Å². The van der Waals surface area contributed by atoms with Crippen molar-refractivity contribution in [1.82, 2.24) is 0 Å². The first-order valence-corrected chi connectivity index (χ1v) is 4.46. The minimum absolute atomic E-state index is 0.612. The van der Waals surface area contributed by atoms with Gasteiger partial charge < -0.3 is 4.84 Å². The fourth-order valence-electron chi connectivity index (χ4n) is 1.02. The lowest BCUT2D eigenvalue weighted by atomic mass is 10.1. The number of benzene rings is 1. The molecule has 13 heavy (non-hydrogen) atoms. The summed E-state index contributed by atoms with van der Waals surface area (Å²) < 4.78 is 0. The Kier molecular flexibility index (Phi) is 3.50. The molecule has 0 aliphatic heterocycles. The van der Waals surface area contributed by atoms with Crippen molar-refractivity contribution in [3.8, 4) is 0 Å². The molecule has 0 N–H and O–H groups in total. The normalized spacial score (nSPS) is 10.7. The van der Waals surface area contributed by atoms with E-state index in [1.807, 2.05) is 13.0 Å². The van der Waals surface area contributed by atoms with Crippen molar-refractivity contribution in [2.45, 2.75) is 20.8 Å². The molecule has 1 aromatic carbocycles. The molecule has 0 atom stereocenters. The van der Waals surface area contributed by atoms with Crippen LogP contribution in [-0.4, -0.2) is 12.8 Å². The molecule has 0 fully saturated rings. The number of nitrogens with zero attached hydrogens (tertiary/aromatic N) is 1. The zero-order chi connectivity index (χ0) is 9.68. The smallest absolute Gasteiger partial charge is 0.114 e. The van der Waals surface area contributed by atoms with E-state index in [0.717, 1.165) is 5.56 Å². The van der Waals surface area contributed by atoms with Crippen LogP contribution in [-0.2, 0) is 4.84 Å². The van der Waals surface area contributed by atoms with Gasteiger partial charge in [-0.25, -0.2) is 0 Å². The molecule has 2 heteroatoms. The summed E-state index contributed by atoms with van der Waals surface area (Å²) in [6, 6.07) is 6.21. The third-order valence-corrected chi connectivity index (χ3v) is 1.94. The highest BCUT2D eigenvalue weighted by Gasteiger charge is 1.92. The minimum atomic E-state index is 0.612. The van der Waals surface area contributed by atoms with Crippen LogP contribution in [0.1, 0.15) is 23.6 Å². The van der Waals surface area contributed by atoms with E-state index in [2.05, 4.69) is 31.1 Å². The van der Waals surface area contributed by atoms with Gasteiger partial charge >= 0.3 is 0 Å². The first-order chi connectivity index (χ1) is 6.24. The largest absolute Gasteiger partial charge is 0.396 e. The summed E-state index contributed by atoms with van der Waals surface area (Å²) in [5.41, 5.74) is 3.66. The van der Waals surface area contributed by atoms with Gasteiger partial charge in [-0.15, -0.1) is 0 Å². The third kappa shape index (κ3) is 2.90. The molecule has 0 radical (unpaired) electrons. The van der Waals surface area contributed by atoms with Gasteiger partial charge in [0.05, 0.1) is 6.21 Å². The number of hydrogen-bond acceptors (Lipinski definition) is 2. The quantitative estimate of drug-likeness (QED) is 0.514. The topological polar surface area (TPSA) is 21.6 Å². The second-order valence-electron chi connectivity index (χ2n) is 3.00. The number of rotatable bonds is 3. The van der Waals surface area contributed by atoms with Crippen LogP contribution in [0.4, 0.5) is 0 Å². The number of aryl methyl sites for hydroxylation is 2. The molecule has 1 aromatic rings. The lowest BCUT2D eigenvalue weighted by molar-refractivity contribution is 0.160. The van der Waals surface area contributed by atoms with Crippen molar-refractivity contribution in [3.05, 3.63) is 34.9 Å². The van der Waals surface area contributed by atoms with Crippen LogP contribution >= 0.6 is 0 Å². The maximum absolute atomic E-state index is 4.88. The van der Waals surface area contributed by atoms with E-state index in [1.165, 1.54) is 11.1 Å². The van der Waals surface area contributed by atoms with Gasteiger partial charge in [0.15, 0.2) is 0 Å². The van der Waals surface area contributed by atoms with Gasteiger partial charge in [0.1, 0.15) is 6.61 Å². The van der Waals surface area contributed by atoms with Crippen LogP contribution in [0, 0.1) is 13.8 Å². The summed E-state index contributed by atoms with van der Waals surface area (Å²) in [6.45, 7) is 6.71. The molecule has 2 nitrogen and oxygen atoms in total.